The van der Waals surface area contributed by atoms with Gasteiger partial charge in [0.1, 0.15) is 5.69 Å². The molecule has 0 atom stereocenters. The molecule has 8 nitrogen and oxygen atoms in total. The average molecular weight is 364 g/mol. The normalized spacial score (nSPS) is 12.2. The van der Waals surface area contributed by atoms with Crippen LogP contribution in [0.25, 0.3) is 11.5 Å². The van der Waals surface area contributed by atoms with Gasteiger partial charge < -0.3 is 20.7 Å². The van der Waals surface area contributed by atoms with Gasteiger partial charge >= 0.3 is 12.2 Å². The number of pyridine rings is 1. The molecule has 0 amide bonds. The first-order valence-electron chi connectivity index (χ1n) is 7.09. The van der Waals surface area contributed by atoms with Crippen LogP contribution >= 0.6 is 0 Å². The molecule has 2 heterocycles. The predicted octanol–water partition coefficient (Wildman–Crippen LogP) is 2.99. The molecule has 4 N–H and O–H groups in total. The molecule has 11 heteroatoms. The molecular formula is C15H11F3N6O2. The number of amidine groups is 1. The smallest absolute Gasteiger partial charge is 0.409 e. The van der Waals surface area contributed by atoms with Crippen molar-refractivity contribution in [2.75, 3.05) is 5.32 Å². The first kappa shape index (κ1) is 17.2. The van der Waals surface area contributed by atoms with E-state index in [4.69, 9.17) is 15.4 Å². The van der Waals surface area contributed by atoms with Crippen LogP contribution in [-0.4, -0.2) is 26.2 Å². The fourth-order valence-corrected chi connectivity index (χ4v) is 1.99. The third kappa shape index (κ3) is 3.71. The van der Waals surface area contributed by atoms with Gasteiger partial charge in [0.15, 0.2) is 5.84 Å². The number of hydrogen-bond donors (Lipinski definition) is 3. The lowest BCUT2D eigenvalue weighted by atomic mass is 10.1. The number of benzene rings is 1. The number of nitrogens with one attached hydrogen (secondary N) is 1. The highest BCUT2D eigenvalue weighted by molar-refractivity contribution is 5.95. The number of aromatic nitrogens is 3. The average Bonchev–Trinajstić information content (AvgIpc) is 3.09. The third-order valence-electron chi connectivity index (χ3n) is 3.27. The van der Waals surface area contributed by atoms with E-state index >= 15 is 0 Å². The Morgan fingerprint density at radius 1 is 1.12 bits per heavy atom. The molecule has 0 aliphatic carbocycles. The van der Waals surface area contributed by atoms with Crippen molar-refractivity contribution in [3.05, 3.63) is 53.9 Å². The number of hydrogen-bond acceptors (Lipinski definition) is 7. The van der Waals surface area contributed by atoms with Crippen LogP contribution < -0.4 is 11.1 Å². The minimum Gasteiger partial charge on any atom is -0.409 e. The van der Waals surface area contributed by atoms with Crippen molar-refractivity contribution >= 4 is 17.5 Å². The van der Waals surface area contributed by atoms with Crippen LogP contribution in [0.5, 0.6) is 0 Å². The minimum atomic E-state index is -4.41. The van der Waals surface area contributed by atoms with E-state index in [-0.39, 0.29) is 23.4 Å². The number of alkyl halides is 3. The molecule has 2 aromatic heterocycles. The van der Waals surface area contributed by atoms with Gasteiger partial charge in [0.25, 0.3) is 0 Å². The Bertz CT molecular complexity index is 920. The van der Waals surface area contributed by atoms with E-state index in [9.17, 15) is 13.2 Å². The molecule has 0 aliphatic heterocycles. The lowest BCUT2D eigenvalue weighted by molar-refractivity contribution is -0.137. The summed E-state index contributed by atoms with van der Waals surface area (Å²) in [5.74, 6) is -0.0820. The van der Waals surface area contributed by atoms with Crippen molar-refractivity contribution in [2.24, 2.45) is 10.9 Å². The predicted molar refractivity (Wildman–Crippen MR) is 84.8 cm³/mol. The van der Waals surface area contributed by atoms with Gasteiger partial charge in [0.05, 0.1) is 17.4 Å². The molecule has 0 saturated carbocycles. The lowest BCUT2D eigenvalue weighted by Gasteiger charge is -2.05. The molecule has 3 rings (SSSR count). The van der Waals surface area contributed by atoms with E-state index in [0.29, 0.717) is 11.3 Å². The lowest BCUT2D eigenvalue weighted by Crippen LogP contribution is -2.14. The largest absolute Gasteiger partial charge is 0.416 e. The summed E-state index contributed by atoms with van der Waals surface area (Å²) in [5, 5.41) is 21.7. The van der Waals surface area contributed by atoms with Crippen LogP contribution in [-0.2, 0) is 6.18 Å². The van der Waals surface area contributed by atoms with Crippen LogP contribution in [0.2, 0.25) is 0 Å². The summed E-state index contributed by atoms with van der Waals surface area (Å²) in [6, 6.07) is 7.47. The zero-order valence-corrected chi connectivity index (χ0v) is 12.9. The van der Waals surface area contributed by atoms with Crippen molar-refractivity contribution in [3.63, 3.8) is 0 Å². The van der Waals surface area contributed by atoms with E-state index in [0.717, 1.165) is 12.1 Å². The van der Waals surface area contributed by atoms with E-state index in [1.165, 1.54) is 24.4 Å². The maximum Gasteiger partial charge on any atom is 0.416 e. The molecule has 26 heavy (non-hydrogen) atoms. The first-order chi connectivity index (χ1) is 12.4. The number of nitrogens with two attached hydrogens (primary N) is 1. The van der Waals surface area contributed by atoms with Crippen molar-refractivity contribution in [2.45, 2.75) is 6.18 Å². The Morgan fingerprint density at radius 2 is 1.85 bits per heavy atom. The van der Waals surface area contributed by atoms with Crippen LogP contribution in [0.1, 0.15) is 11.3 Å². The molecule has 3 aromatic rings. The number of anilines is 2. The minimum absolute atomic E-state index is 0.0262. The molecule has 0 radical (unpaired) electrons. The fraction of sp³-hybridized carbons (Fsp3) is 0.0667. The summed E-state index contributed by atoms with van der Waals surface area (Å²) in [5.41, 5.74) is 5.75. The molecule has 134 valence electrons. The Labute approximate surface area is 144 Å². The molecule has 0 spiro atoms. The van der Waals surface area contributed by atoms with Gasteiger partial charge in [-0.05, 0) is 36.4 Å². The Hall–Kier alpha value is -3.63. The van der Waals surface area contributed by atoms with Crippen LogP contribution in [0, 0.1) is 0 Å². The van der Waals surface area contributed by atoms with Gasteiger partial charge in [0.2, 0.25) is 5.89 Å². The van der Waals surface area contributed by atoms with E-state index in [2.05, 4.69) is 25.7 Å². The fourth-order valence-electron chi connectivity index (χ4n) is 1.99. The van der Waals surface area contributed by atoms with E-state index in [1.54, 1.807) is 6.07 Å². The van der Waals surface area contributed by atoms with Crippen molar-refractivity contribution in [3.8, 4) is 11.5 Å². The standard InChI is InChI=1S/C15H11F3N6O2/c16-15(17,18)9-3-1-8(2-4-9)13-22-23-14(26-13)21-10-5-6-11(20-7-10)12(19)24-25/h1-7,25H,(H2,19,24)(H,21,23). The number of oxime groups is 1. The van der Waals surface area contributed by atoms with Gasteiger partial charge in [-0.2, -0.15) is 13.2 Å². The highest BCUT2D eigenvalue weighted by atomic mass is 19.4. The number of halogens is 3. The quantitative estimate of drug-likeness (QED) is 0.281. The van der Waals surface area contributed by atoms with Gasteiger partial charge in [-0.3, -0.25) is 4.98 Å². The second-order valence-corrected chi connectivity index (χ2v) is 5.03. The zero-order valence-electron chi connectivity index (χ0n) is 12.9. The van der Waals surface area contributed by atoms with Crippen molar-refractivity contribution in [1.29, 1.82) is 0 Å². The molecule has 0 bridgehead atoms. The molecule has 1 aromatic carbocycles. The molecular weight excluding hydrogens is 353 g/mol. The van der Waals surface area contributed by atoms with Gasteiger partial charge in [-0.1, -0.05) is 10.3 Å². The summed E-state index contributed by atoms with van der Waals surface area (Å²) in [6.07, 6.45) is -3.02. The highest BCUT2D eigenvalue weighted by Crippen LogP contribution is 2.31. The van der Waals surface area contributed by atoms with E-state index < -0.39 is 11.7 Å². The second kappa shape index (κ2) is 6.70. The molecule has 0 fully saturated rings. The molecule has 0 aliphatic rings. The highest BCUT2D eigenvalue weighted by Gasteiger charge is 2.30. The molecule has 0 saturated heterocycles. The summed E-state index contributed by atoms with van der Waals surface area (Å²) in [6.45, 7) is 0. The number of nitrogens with zero attached hydrogens (tertiary/aromatic N) is 4. The van der Waals surface area contributed by atoms with Crippen molar-refractivity contribution in [1.82, 2.24) is 15.2 Å². The summed E-state index contributed by atoms with van der Waals surface area (Å²) in [7, 11) is 0. The maximum absolute atomic E-state index is 12.6. The Morgan fingerprint density at radius 3 is 2.42 bits per heavy atom. The molecule has 0 unspecified atom stereocenters. The monoisotopic (exact) mass is 364 g/mol. The zero-order chi connectivity index (χ0) is 18.7. The van der Waals surface area contributed by atoms with Crippen LogP contribution in [0.4, 0.5) is 24.9 Å². The Balaban J connectivity index is 1.74. The summed E-state index contributed by atoms with van der Waals surface area (Å²) < 4.78 is 43.1. The third-order valence-corrected chi connectivity index (χ3v) is 3.27. The van der Waals surface area contributed by atoms with Gasteiger partial charge in [0, 0.05) is 5.56 Å². The summed E-state index contributed by atoms with van der Waals surface area (Å²) in [4.78, 5) is 3.97. The number of rotatable bonds is 4. The van der Waals surface area contributed by atoms with E-state index in [1.807, 2.05) is 0 Å². The topological polar surface area (TPSA) is 122 Å². The SMILES string of the molecule is N/C(=N\O)c1ccc(Nc2nnc(-c3ccc(C(F)(F)F)cc3)o2)cn1. The first-order valence-corrected chi connectivity index (χ1v) is 7.09. The van der Waals surface area contributed by atoms with Gasteiger partial charge in [-0.15, -0.1) is 5.10 Å². The maximum atomic E-state index is 12.6. The van der Waals surface area contributed by atoms with Crippen LogP contribution in [0.3, 0.4) is 0 Å². The van der Waals surface area contributed by atoms with Crippen molar-refractivity contribution < 1.29 is 22.8 Å². The Kier molecular flexibility index (Phi) is 4.43. The summed E-state index contributed by atoms with van der Waals surface area (Å²) >= 11 is 0. The van der Waals surface area contributed by atoms with Crippen LogP contribution in [0.15, 0.2) is 52.2 Å². The van der Waals surface area contributed by atoms with Gasteiger partial charge in [-0.25, -0.2) is 0 Å². The second-order valence-electron chi connectivity index (χ2n) is 5.03.